The van der Waals surface area contributed by atoms with Gasteiger partial charge in [0.1, 0.15) is 12.6 Å². The number of likely N-dealkylation sites (tertiary alicyclic amines) is 1. The smallest absolute Gasteiger partial charge is 0.303 e. The first kappa shape index (κ1) is 23.8. The zero-order valence-corrected chi connectivity index (χ0v) is 17.7. The molecule has 0 unspecified atom stereocenters. The fourth-order valence-corrected chi connectivity index (χ4v) is 3.40. The highest BCUT2D eigenvalue weighted by molar-refractivity contribution is 5.94. The fourth-order valence-electron chi connectivity index (χ4n) is 3.40. The van der Waals surface area contributed by atoms with Crippen molar-refractivity contribution in [2.75, 3.05) is 13.2 Å². The molecule has 4 atom stereocenters. The summed E-state index contributed by atoms with van der Waals surface area (Å²) in [5.41, 5.74) is 0.324. The van der Waals surface area contributed by atoms with E-state index < -0.39 is 54.1 Å². The minimum atomic E-state index is -1.24. The molecule has 0 aromatic heterocycles. The van der Waals surface area contributed by atoms with Crippen LogP contribution in [0.25, 0.3) is 0 Å². The first-order valence-corrected chi connectivity index (χ1v) is 9.61. The Hall–Kier alpha value is -3.43. The molecule has 0 aliphatic carbocycles. The molecule has 31 heavy (non-hydrogen) atoms. The third kappa shape index (κ3) is 6.53. The summed E-state index contributed by atoms with van der Waals surface area (Å²) in [6.07, 6.45) is -3.55. The van der Waals surface area contributed by atoms with Crippen molar-refractivity contribution in [3.8, 4) is 0 Å². The Morgan fingerprint density at radius 2 is 1.35 bits per heavy atom. The molecule has 0 bridgehead atoms. The highest BCUT2D eigenvalue weighted by Crippen LogP contribution is 2.28. The van der Waals surface area contributed by atoms with Crippen LogP contribution < -0.4 is 0 Å². The Bertz CT molecular complexity index is 839. The van der Waals surface area contributed by atoms with Crippen molar-refractivity contribution in [1.29, 1.82) is 0 Å². The van der Waals surface area contributed by atoms with Gasteiger partial charge in [-0.1, -0.05) is 18.2 Å². The second kappa shape index (κ2) is 10.6. The van der Waals surface area contributed by atoms with E-state index in [1.54, 1.807) is 30.3 Å². The van der Waals surface area contributed by atoms with Crippen LogP contribution in [0.2, 0.25) is 0 Å². The van der Waals surface area contributed by atoms with E-state index in [4.69, 9.17) is 18.9 Å². The van der Waals surface area contributed by atoms with Gasteiger partial charge in [0, 0.05) is 33.3 Å². The minimum Gasteiger partial charge on any atom is -0.464 e. The molecule has 1 aromatic carbocycles. The van der Waals surface area contributed by atoms with Crippen LogP contribution in [0.15, 0.2) is 30.3 Å². The summed E-state index contributed by atoms with van der Waals surface area (Å²) >= 11 is 0. The average molecular weight is 435 g/mol. The Balaban J connectivity index is 2.52. The Morgan fingerprint density at radius 1 is 0.806 bits per heavy atom. The molecule has 0 N–H and O–H groups in total. The van der Waals surface area contributed by atoms with E-state index in [9.17, 15) is 24.0 Å². The van der Waals surface area contributed by atoms with E-state index in [2.05, 4.69) is 0 Å². The lowest BCUT2D eigenvalue weighted by Crippen LogP contribution is -2.66. The van der Waals surface area contributed by atoms with Crippen molar-refractivity contribution in [2.24, 2.45) is 0 Å². The molecule has 10 nitrogen and oxygen atoms in total. The molecule has 0 spiro atoms. The summed E-state index contributed by atoms with van der Waals surface area (Å²) in [7, 11) is 0. The van der Waals surface area contributed by atoms with Crippen molar-refractivity contribution in [3.63, 3.8) is 0 Å². The van der Waals surface area contributed by atoms with Gasteiger partial charge in [-0.05, 0) is 12.1 Å². The van der Waals surface area contributed by atoms with E-state index in [0.717, 1.165) is 13.8 Å². The van der Waals surface area contributed by atoms with Crippen molar-refractivity contribution >= 4 is 29.8 Å². The van der Waals surface area contributed by atoms with Crippen molar-refractivity contribution in [3.05, 3.63) is 35.9 Å². The molecule has 1 saturated heterocycles. The topological polar surface area (TPSA) is 126 Å². The molecule has 1 heterocycles. The maximum absolute atomic E-state index is 13.2. The van der Waals surface area contributed by atoms with E-state index in [-0.39, 0.29) is 13.2 Å². The molecule has 1 aliphatic heterocycles. The molecule has 10 heteroatoms. The number of amides is 1. The van der Waals surface area contributed by atoms with Gasteiger partial charge in [0.05, 0.1) is 6.54 Å². The normalized spacial score (nSPS) is 22.8. The lowest BCUT2D eigenvalue weighted by atomic mass is 9.92. The second-order valence-corrected chi connectivity index (χ2v) is 6.99. The zero-order valence-electron chi connectivity index (χ0n) is 17.7. The number of rotatable bonds is 6. The van der Waals surface area contributed by atoms with Gasteiger partial charge in [-0.3, -0.25) is 24.0 Å². The molecule has 1 fully saturated rings. The van der Waals surface area contributed by atoms with E-state index in [1.165, 1.54) is 18.7 Å². The van der Waals surface area contributed by atoms with Gasteiger partial charge in [0.15, 0.2) is 18.3 Å². The van der Waals surface area contributed by atoms with Crippen LogP contribution in [0, 0.1) is 0 Å². The summed E-state index contributed by atoms with van der Waals surface area (Å²) in [6.45, 7) is 4.16. The fraction of sp³-hybridized carbons (Fsp3) is 0.476. The first-order valence-electron chi connectivity index (χ1n) is 9.61. The van der Waals surface area contributed by atoms with E-state index in [0.29, 0.717) is 5.56 Å². The monoisotopic (exact) mass is 435 g/mol. The van der Waals surface area contributed by atoms with E-state index in [1.807, 2.05) is 0 Å². The van der Waals surface area contributed by atoms with Crippen LogP contribution in [0.1, 0.15) is 38.1 Å². The number of hydrogen-bond acceptors (Lipinski definition) is 9. The lowest BCUT2D eigenvalue weighted by Gasteiger charge is -2.46. The van der Waals surface area contributed by atoms with Gasteiger partial charge in [-0.15, -0.1) is 0 Å². The molecule has 1 amide bonds. The molecule has 0 radical (unpaired) electrons. The number of ether oxygens (including phenoxy) is 4. The second-order valence-electron chi connectivity index (χ2n) is 6.99. The number of piperidine rings is 1. The Morgan fingerprint density at radius 3 is 1.87 bits per heavy atom. The quantitative estimate of drug-likeness (QED) is 0.472. The summed E-state index contributed by atoms with van der Waals surface area (Å²) < 4.78 is 21.1. The van der Waals surface area contributed by atoms with Gasteiger partial charge in [-0.25, -0.2) is 0 Å². The standard InChI is InChI=1S/C21H25NO9/c1-12(23)28-11-17-19(30-14(3)25)20(31-15(4)26)18(29-13(2)24)10-22(17)21(27)16-8-6-5-7-9-16/h5-9,17-20H,10-11H2,1-4H3/t17-,18+,19-,20+/m1/s1. The van der Waals surface area contributed by atoms with Crippen LogP contribution in [-0.2, 0) is 38.1 Å². The summed E-state index contributed by atoms with van der Waals surface area (Å²) in [6, 6.07) is 7.27. The molecule has 168 valence electrons. The van der Waals surface area contributed by atoms with Crippen LogP contribution in [-0.4, -0.2) is 72.2 Å². The van der Waals surface area contributed by atoms with Gasteiger partial charge >= 0.3 is 23.9 Å². The van der Waals surface area contributed by atoms with Crippen molar-refractivity contribution in [2.45, 2.75) is 52.0 Å². The van der Waals surface area contributed by atoms with Gasteiger partial charge in [0.2, 0.25) is 0 Å². The van der Waals surface area contributed by atoms with Crippen molar-refractivity contribution in [1.82, 2.24) is 4.90 Å². The SMILES string of the molecule is CC(=O)OC[C@@H]1[C@@H](OC(C)=O)[C@@H](OC(C)=O)[C@@H](OC(C)=O)CN1C(=O)c1ccccc1. The number of nitrogens with zero attached hydrogens (tertiary/aromatic N) is 1. The number of benzene rings is 1. The zero-order chi connectivity index (χ0) is 23.1. The average Bonchev–Trinajstić information content (AvgIpc) is 2.68. The predicted molar refractivity (Wildman–Crippen MR) is 105 cm³/mol. The van der Waals surface area contributed by atoms with Gasteiger partial charge in [-0.2, -0.15) is 0 Å². The molecule has 0 saturated carbocycles. The Labute approximate surface area is 179 Å². The van der Waals surface area contributed by atoms with Gasteiger partial charge < -0.3 is 23.8 Å². The molecular weight excluding hydrogens is 410 g/mol. The largest absolute Gasteiger partial charge is 0.464 e. The lowest BCUT2D eigenvalue weighted by molar-refractivity contribution is -0.203. The molecule has 1 aliphatic rings. The summed E-state index contributed by atoms with van der Waals surface area (Å²) in [5.74, 6) is -3.17. The van der Waals surface area contributed by atoms with E-state index >= 15 is 0 Å². The highest BCUT2D eigenvalue weighted by Gasteiger charge is 2.51. The summed E-state index contributed by atoms with van der Waals surface area (Å²) in [4.78, 5) is 61.2. The van der Waals surface area contributed by atoms with Crippen LogP contribution >= 0.6 is 0 Å². The van der Waals surface area contributed by atoms with Crippen molar-refractivity contribution < 1.29 is 42.9 Å². The highest BCUT2D eigenvalue weighted by atomic mass is 16.6. The predicted octanol–water partition coefficient (Wildman–Crippen LogP) is 0.869. The number of hydrogen-bond donors (Lipinski definition) is 0. The third-order valence-electron chi connectivity index (χ3n) is 4.51. The number of carbonyl (C=O) groups excluding carboxylic acids is 5. The molecule has 1 aromatic rings. The summed E-state index contributed by atoms with van der Waals surface area (Å²) in [5, 5.41) is 0. The maximum Gasteiger partial charge on any atom is 0.303 e. The molecule has 2 rings (SSSR count). The van der Waals surface area contributed by atoms with Gasteiger partial charge in [0.25, 0.3) is 5.91 Å². The Kier molecular flexibility index (Phi) is 8.12. The molecular formula is C21H25NO9. The minimum absolute atomic E-state index is 0.172. The number of carbonyl (C=O) groups is 5. The third-order valence-corrected chi connectivity index (χ3v) is 4.51. The number of esters is 4. The van der Waals surface area contributed by atoms with Crippen LogP contribution in [0.3, 0.4) is 0 Å². The first-order chi connectivity index (χ1) is 14.6. The van der Waals surface area contributed by atoms with Crippen LogP contribution in [0.5, 0.6) is 0 Å². The van der Waals surface area contributed by atoms with Crippen LogP contribution in [0.4, 0.5) is 0 Å². The maximum atomic E-state index is 13.2.